The van der Waals surface area contributed by atoms with Crippen LogP contribution in [0.3, 0.4) is 0 Å². The highest BCUT2D eigenvalue weighted by molar-refractivity contribution is 5.79. The lowest BCUT2D eigenvalue weighted by atomic mass is 10.1. The van der Waals surface area contributed by atoms with E-state index in [1.54, 1.807) is 30.7 Å². The van der Waals surface area contributed by atoms with E-state index in [2.05, 4.69) is 21.5 Å². The summed E-state index contributed by atoms with van der Waals surface area (Å²) in [7, 11) is 0. The van der Waals surface area contributed by atoms with E-state index in [1.165, 1.54) is 12.1 Å². The molecule has 0 unspecified atom stereocenters. The summed E-state index contributed by atoms with van der Waals surface area (Å²) in [6.45, 7) is 0. The maximum Gasteiger partial charge on any atom is 0.123 e. The Hall–Kier alpha value is -2.75. The van der Waals surface area contributed by atoms with Crippen LogP contribution in [0.2, 0.25) is 0 Å². The van der Waals surface area contributed by atoms with E-state index in [9.17, 15) is 4.39 Å². The van der Waals surface area contributed by atoms with Crippen molar-refractivity contribution in [1.29, 1.82) is 0 Å². The number of nitrogens with zero attached hydrogens (tertiary/aromatic N) is 2. The second-order valence-electron chi connectivity index (χ2n) is 4.21. The summed E-state index contributed by atoms with van der Waals surface area (Å²) in [4.78, 5) is 8.01. The SMILES string of the molecule is Fc1ccc(Nc2[c]nccc2-c2ccncc2)cc1. The summed E-state index contributed by atoms with van der Waals surface area (Å²) in [5.41, 5.74) is 3.51. The van der Waals surface area contributed by atoms with Gasteiger partial charge in [-0.15, -0.1) is 0 Å². The molecule has 1 N–H and O–H groups in total. The van der Waals surface area contributed by atoms with Gasteiger partial charge < -0.3 is 5.32 Å². The van der Waals surface area contributed by atoms with E-state index in [1.807, 2.05) is 18.2 Å². The smallest absolute Gasteiger partial charge is 0.123 e. The number of nitrogens with one attached hydrogen (secondary N) is 1. The molecule has 3 rings (SSSR count). The molecule has 97 valence electrons. The van der Waals surface area contributed by atoms with Crippen molar-refractivity contribution in [1.82, 2.24) is 9.97 Å². The first-order valence-corrected chi connectivity index (χ1v) is 6.12. The molecule has 0 saturated heterocycles. The van der Waals surface area contributed by atoms with Gasteiger partial charge in [-0.05, 0) is 48.0 Å². The third-order valence-electron chi connectivity index (χ3n) is 2.87. The molecule has 2 heterocycles. The molecule has 0 aliphatic carbocycles. The molecule has 2 aromatic heterocycles. The molecule has 0 aliphatic heterocycles. The molecular formula is C16H11FN3. The number of rotatable bonds is 3. The van der Waals surface area contributed by atoms with Crippen molar-refractivity contribution in [2.24, 2.45) is 0 Å². The van der Waals surface area contributed by atoms with Gasteiger partial charge in [-0.3, -0.25) is 9.97 Å². The van der Waals surface area contributed by atoms with Crippen molar-refractivity contribution in [3.8, 4) is 11.1 Å². The highest BCUT2D eigenvalue weighted by Gasteiger charge is 2.05. The molecule has 0 atom stereocenters. The Morgan fingerprint density at radius 3 is 2.40 bits per heavy atom. The topological polar surface area (TPSA) is 37.8 Å². The molecule has 4 heteroatoms. The lowest BCUT2D eigenvalue weighted by molar-refractivity contribution is 0.628. The van der Waals surface area contributed by atoms with Crippen molar-refractivity contribution < 1.29 is 4.39 Å². The molecule has 1 radical (unpaired) electrons. The average Bonchev–Trinajstić information content (AvgIpc) is 2.51. The zero-order valence-electron chi connectivity index (χ0n) is 10.5. The van der Waals surface area contributed by atoms with Crippen molar-refractivity contribution >= 4 is 11.4 Å². The number of halogens is 1. The predicted octanol–water partition coefficient (Wildman–Crippen LogP) is 3.83. The van der Waals surface area contributed by atoms with E-state index in [0.717, 1.165) is 22.5 Å². The maximum absolute atomic E-state index is 12.9. The number of aromatic nitrogens is 2. The lowest BCUT2D eigenvalue weighted by Gasteiger charge is -2.11. The molecule has 0 fully saturated rings. The van der Waals surface area contributed by atoms with Crippen LogP contribution in [0.1, 0.15) is 0 Å². The van der Waals surface area contributed by atoms with Crippen LogP contribution >= 0.6 is 0 Å². The van der Waals surface area contributed by atoms with Crippen LogP contribution in [-0.2, 0) is 0 Å². The number of hydrogen-bond acceptors (Lipinski definition) is 3. The molecule has 0 aliphatic rings. The van der Waals surface area contributed by atoms with Crippen LogP contribution in [0.15, 0.2) is 61.1 Å². The first-order valence-electron chi connectivity index (χ1n) is 6.12. The van der Waals surface area contributed by atoms with Crippen LogP contribution < -0.4 is 5.32 Å². The fourth-order valence-corrected chi connectivity index (χ4v) is 1.90. The standard InChI is InChI=1S/C16H11FN3/c17-13-1-3-14(4-2-13)20-16-11-19-10-7-15(16)12-5-8-18-9-6-12/h1-10,20H. The molecule has 0 bridgehead atoms. The van der Waals surface area contributed by atoms with E-state index in [-0.39, 0.29) is 5.82 Å². The number of hydrogen-bond donors (Lipinski definition) is 1. The maximum atomic E-state index is 12.9. The Kier molecular flexibility index (Phi) is 3.37. The van der Waals surface area contributed by atoms with Crippen molar-refractivity contribution in [2.45, 2.75) is 0 Å². The molecule has 20 heavy (non-hydrogen) atoms. The normalized spacial score (nSPS) is 10.2. The number of benzene rings is 1. The van der Waals surface area contributed by atoms with Crippen molar-refractivity contribution in [3.05, 3.63) is 73.1 Å². The summed E-state index contributed by atoms with van der Waals surface area (Å²) >= 11 is 0. The molecule has 0 spiro atoms. The van der Waals surface area contributed by atoms with Gasteiger partial charge in [-0.2, -0.15) is 0 Å². The van der Waals surface area contributed by atoms with Gasteiger partial charge >= 0.3 is 0 Å². The minimum Gasteiger partial charge on any atom is -0.353 e. The summed E-state index contributed by atoms with van der Waals surface area (Å²) in [6, 6.07) is 11.9. The number of anilines is 2. The summed E-state index contributed by atoms with van der Waals surface area (Å²) in [6.07, 6.45) is 8.08. The molecule has 3 nitrogen and oxygen atoms in total. The van der Waals surface area contributed by atoms with Crippen LogP contribution in [0.4, 0.5) is 15.8 Å². The lowest BCUT2D eigenvalue weighted by Crippen LogP contribution is -1.95. The van der Waals surface area contributed by atoms with Crippen LogP contribution in [0, 0.1) is 12.0 Å². The molecule has 0 amide bonds. The fraction of sp³-hybridized carbons (Fsp3) is 0. The first kappa shape index (κ1) is 12.3. The second kappa shape index (κ2) is 5.48. The van der Waals surface area contributed by atoms with E-state index >= 15 is 0 Å². The summed E-state index contributed by atoms with van der Waals surface area (Å²) in [5.74, 6) is -0.264. The average molecular weight is 264 g/mol. The second-order valence-corrected chi connectivity index (χ2v) is 4.21. The quantitative estimate of drug-likeness (QED) is 0.781. The van der Waals surface area contributed by atoms with Gasteiger partial charge in [0.2, 0.25) is 0 Å². The van der Waals surface area contributed by atoms with Gasteiger partial charge in [0.1, 0.15) is 12.0 Å². The Bertz CT molecular complexity index is 696. The molecule has 1 aromatic carbocycles. The molecular weight excluding hydrogens is 253 g/mol. The van der Waals surface area contributed by atoms with Gasteiger partial charge in [0.25, 0.3) is 0 Å². The third-order valence-corrected chi connectivity index (χ3v) is 2.87. The summed E-state index contributed by atoms with van der Waals surface area (Å²) in [5, 5.41) is 3.19. The Morgan fingerprint density at radius 2 is 1.65 bits per heavy atom. The van der Waals surface area contributed by atoms with Gasteiger partial charge in [-0.25, -0.2) is 4.39 Å². The molecule has 3 aromatic rings. The number of pyridine rings is 2. The van der Waals surface area contributed by atoms with Gasteiger partial charge in [0.05, 0.1) is 5.69 Å². The van der Waals surface area contributed by atoms with Crippen LogP contribution in [0.25, 0.3) is 11.1 Å². The minimum absolute atomic E-state index is 0.264. The van der Waals surface area contributed by atoms with Gasteiger partial charge in [0, 0.05) is 29.8 Å². The van der Waals surface area contributed by atoms with E-state index in [0.29, 0.717) is 0 Å². The highest BCUT2D eigenvalue weighted by atomic mass is 19.1. The Morgan fingerprint density at radius 1 is 0.900 bits per heavy atom. The highest BCUT2D eigenvalue weighted by Crippen LogP contribution is 2.28. The zero-order chi connectivity index (χ0) is 13.8. The summed E-state index contributed by atoms with van der Waals surface area (Å²) < 4.78 is 12.9. The van der Waals surface area contributed by atoms with E-state index < -0.39 is 0 Å². The Balaban J connectivity index is 1.96. The Labute approximate surface area is 116 Å². The zero-order valence-corrected chi connectivity index (χ0v) is 10.5. The largest absolute Gasteiger partial charge is 0.353 e. The fourth-order valence-electron chi connectivity index (χ4n) is 1.90. The molecule has 0 saturated carbocycles. The third kappa shape index (κ3) is 2.64. The van der Waals surface area contributed by atoms with E-state index in [4.69, 9.17) is 0 Å². The predicted molar refractivity (Wildman–Crippen MR) is 76.0 cm³/mol. The van der Waals surface area contributed by atoms with Gasteiger partial charge in [-0.1, -0.05) is 0 Å². The first-order chi connectivity index (χ1) is 9.83. The van der Waals surface area contributed by atoms with Crippen LogP contribution in [-0.4, -0.2) is 9.97 Å². The van der Waals surface area contributed by atoms with Gasteiger partial charge in [0.15, 0.2) is 0 Å². The van der Waals surface area contributed by atoms with Crippen LogP contribution in [0.5, 0.6) is 0 Å². The van der Waals surface area contributed by atoms with Crippen molar-refractivity contribution in [2.75, 3.05) is 5.32 Å². The minimum atomic E-state index is -0.264. The monoisotopic (exact) mass is 264 g/mol. The van der Waals surface area contributed by atoms with Crippen molar-refractivity contribution in [3.63, 3.8) is 0 Å².